The number of rotatable bonds is 4. The molecule has 0 saturated carbocycles. The second kappa shape index (κ2) is 6.78. The first-order valence-electron chi connectivity index (χ1n) is 7.25. The molecular formula is C17H29N3. The Morgan fingerprint density at radius 3 is 2.15 bits per heavy atom. The molecule has 3 nitrogen and oxygen atoms in total. The molecular weight excluding hydrogens is 246 g/mol. The summed E-state index contributed by atoms with van der Waals surface area (Å²) in [4.78, 5) is 4.28. The van der Waals surface area contributed by atoms with E-state index in [1.54, 1.807) is 0 Å². The number of aliphatic imine (C=N–C) groups is 1. The van der Waals surface area contributed by atoms with E-state index < -0.39 is 0 Å². The third-order valence-corrected chi connectivity index (χ3v) is 2.98. The first-order valence-corrected chi connectivity index (χ1v) is 7.25. The molecule has 0 radical (unpaired) electrons. The molecule has 0 unspecified atom stereocenters. The second-order valence-electron chi connectivity index (χ2n) is 7.13. The summed E-state index contributed by atoms with van der Waals surface area (Å²) >= 11 is 0. The zero-order valence-corrected chi connectivity index (χ0v) is 13.7. The summed E-state index contributed by atoms with van der Waals surface area (Å²) in [6.45, 7) is 11.8. The monoisotopic (exact) mass is 275 g/mol. The zero-order chi connectivity index (χ0) is 15.2. The minimum atomic E-state index is 0.0193. The van der Waals surface area contributed by atoms with Gasteiger partial charge in [0.2, 0.25) is 0 Å². The molecule has 0 spiro atoms. The van der Waals surface area contributed by atoms with Gasteiger partial charge in [-0.25, -0.2) is 0 Å². The molecule has 0 aliphatic carbocycles. The van der Waals surface area contributed by atoms with E-state index in [1.165, 1.54) is 5.56 Å². The van der Waals surface area contributed by atoms with E-state index in [1.807, 2.05) is 7.05 Å². The van der Waals surface area contributed by atoms with Gasteiger partial charge in [-0.05, 0) is 38.2 Å². The van der Waals surface area contributed by atoms with E-state index in [-0.39, 0.29) is 11.0 Å². The summed E-state index contributed by atoms with van der Waals surface area (Å²) in [5, 5.41) is 6.81. The molecule has 0 aromatic heterocycles. The van der Waals surface area contributed by atoms with E-state index in [9.17, 15) is 0 Å². The normalized spacial score (nSPS) is 13.2. The Morgan fingerprint density at radius 2 is 1.65 bits per heavy atom. The summed E-state index contributed by atoms with van der Waals surface area (Å²) in [7, 11) is 1.81. The number of nitrogens with zero attached hydrogens (tertiary/aromatic N) is 1. The summed E-state index contributed by atoms with van der Waals surface area (Å²) in [6.07, 6.45) is 1.05. The molecule has 0 saturated heterocycles. The Bertz CT molecular complexity index is 427. The van der Waals surface area contributed by atoms with Crippen molar-refractivity contribution in [2.24, 2.45) is 10.4 Å². The molecule has 112 valence electrons. The van der Waals surface area contributed by atoms with Crippen LogP contribution in [-0.2, 0) is 6.42 Å². The van der Waals surface area contributed by atoms with Crippen molar-refractivity contribution in [1.82, 2.24) is 10.6 Å². The predicted molar refractivity (Wildman–Crippen MR) is 88.2 cm³/mol. The first-order chi connectivity index (χ1) is 9.22. The molecule has 0 aliphatic heterocycles. The van der Waals surface area contributed by atoms with Crippen molar-refractivity contribution in [3.63, 3.8) is 0 Å². The van der Waals surface area contributed by atoms with Crippen LogP contribution in [0.1, 0.15) is 40.2 Å². The Labute approximate surface area is 123 Å². The molecule has 0 fully saturated rings. The molecule has 20 heavy (non-hydrogen) atoms. The van der Waals surface area contributed by atoms with Gasteiger partial charge in [-0.15, -0.1) is 0 Å². The summed E-state index contributed by atoms with van der Waals surface area (Å²) in [5.74, 6) is 0.860. The molecule has 1 aromatic carbocycles. The summed E-state index contributed by atoms with van der Waals surface area (Å²) in [5.41, 5.74) is 1.57. The largest absolute Gasteiger partial charge is 0.356 e. The van der Waals surface area contributed by atoms with E-state index in [0.717, 1.165) is 18.9 Å². The average molecular weight is 275 g/mol. The quantitative estimate of drug-likeness (QED) is 0.654. The highest BCUT2D eigenvalue weighted by molar-refractivity contribution is 5.80. The highest BCUT2D eigenvalue weighted by atomic mass is 15.2. The fourth-order valence-corrected chi connectivity index (χ4v) is 2.07. The molecule has 2 N–H and O–H groups in total. The third kappa shape index (κ3) is 6.60. The van der Waals surface area contributed by atoms with Gasteiger partial charge in [0.05, 0.1) is 0 Å². The lowest BCUT2D eigenvalue weighted by atomic mass is 9.86. The standard InChI is InChI=1S/C17H29N3/c1-16(2,3)20-15(18-6)19-13-17(4,5)12-14-10-8-7-9-11-14/h7-11H,12-13H2,1-6H3,(H2,18,19,20). The lowest BCUT2D eigenvalue weighted by Crippen LogP contribution is -2.49. The topological polar surface area (TPSA) is 36.4 Å². The van der Waals surface area contributed by atoms with E-state index in [2.05, 4.69) is 80.6 Å². The molecule has 3 heteroatoms. The number of hydrogen-bond acceptors (Lipinski definition) is 1. The maximum absolute atomic E-state index is 4.28. The minimum absolute atomic E-state index is 0.0193. The maximum atomic E-state index is 4.28. The van der Waals surface area contributed by atoms with Gasteiger partial charge in [0, 0.05) is 19.1 Å². The van der Waals surface area contributed by atoms with Gasteiger partial charge in [0.15, 0.2) is 5.96 Å². The van der Waals surface area contributed by atoms with Crippen molar-refractivity contribution in [3.8, 4) is 0 Å². The molecule has 1 aromatic rings. The van der Waals surface area contributed by atoms with Crippen molar-refractivity contribution < 1.29 is 0 Å². The Morgan fingerprint density at radius 1 is 1.05 bits per heavy atom. The van der Waals surface area contributed by atoms with Gasteiger partial charge in [-0.3, -0.25) is 4.99 Å². The maximum Gasteiger partial charge on any atom is 0.191 e. The first kappa shape index (κ1) is 16.5. The molecule has 0 atom stereocenters. The molecule has 0 amide bonds. The van der Waals surface area contributed by atoms with Gasteiger partial charge in [-0.2, -0.15) is 0 Å². The minimum Gasteiger partial charge on any atom is -0.356 e. The van der Waals surface area contributed by atoms with E-state index in [4.69, 9.17) is 0 Å². The lowest BCUT2D eigenvalue weighted by molar-refractivity contribution is 0.356. The number of guanidine groups is 1. The van der Waals surface area contributed by atoms with Gasteiger partial charge in [-0.1, -0.05) is 44.2 Å². The number of hydrogen-bond donors (Lipinski definition) is 2. The van der Waals surface area contributed by atoms with Crippen LogP contribution in [0.4, 0.5) is 0 Å². The molecule has 0 heterocycles. The van der Waals surface area contributed by atoms with Crippen LogP contribution in [0.15, 0.2) is 35.3 Å². The van der Waals surface area contributed by atoms with Crippen molar-refractivity contribution in [1.29, 1.82) is 0 Å². The Kier molecular flexibility index (Phi) is 5.61. The van der Waals surface area contributed by atoms with Crippen molar-refractivity contribution in [2.75, 3.05) is 13.6 Å². The third-order valence-electron chi connectivity index (χ3n) is 2.98. The van der Waals surface area contributed by atoms with Crippen molar-refractivity contribution in [2.45, 2.75) is 46.6 Å². The van der Waals surface area contributed by atoms with Crippen LogP contribution in [0.2, 0.25) is 0 Å². The summed E-state index contributed by atoms with van der Waals surface area (Å²) in [6, 6.07) is 10.6. The van der Waals surface area contributed by atoms with Gasteiger partial charge < -0.3 is 10.6 Å². The fourth-order valence-electron chi connectivity index (χ4n) is 2.07. The van der Waals surface area contributed by atoms with Crippen molar-refractivity contribution in [3.05, 3.63) is 35.9 Å². The van der Waals surface area contributed by atoms with Crippen LogP contribution in [0.5, 0.6) is 0 Å². The van der Waals surface area contributed by atoms with Gasteiger partial charge in [0.25, 0.3) is 0 Å². The van der Waals surface area contributed by atoms with Gasteiger partial charge in [0.1, 0.15) is 0 Å². The van der Waals surface area contributed by atoms with Crippen LogP contribution in [0.25, 0.3) is 0 Å². The predicted octanol–water partition coefficient (Wildman–Crippen LogP) is 3.22. The van der Waals surface area contributed by atoms with E-state index >= 15 is 0 Å². The van der Waals surface area contributed by atoms with Crippen LogP contribution >= 0.6 is 0 Å². The summed E-state index contributed by atoms with van der Waals surface area (Å²) < 4.78 is 0. The number of nitrogens with one attached hydrogen (secondary N) is 2. The van der Waals surface area contributed by atoms with Crippen LogP contribution in [0, 0.1) is 5.41 Å². The lowest BCUT2D eigenvalue weighted by Gasteiger charge is -2.29. The fraction of sp³-hybridized carbons (Fsp3) is 0.588. The Hall–Kier alpha value is -1.51. The van der Waals surface area contributed by atoms with E-state index in [0.29, 0.717) is 0 Å². The molecule has 0 aliphatic rings. The second-order valence-corrected chi connectivity index (χ2v) is 7.13. The van der Waals surface area contributed by atoms with Gasteiger partial charge >= 0.3 is 0 Å². The van der Waals surface area contributed by atoms with Crippen LogP contribution in [0.3, 0.4) is 0 Å². The van der Waals surface area contributed by atoms with Crippen molar-refractivity contribution >= 4 is 5.96 Å². The Balaban J connectivity index is 2.54. The molecule has 1 rings (SSSR count). The van der Waals surface area contributed by atoms with Crippen LogP contribution < -0.4 is 10.6 Å². The SMILES string of the molecule is CN=C(NCC(C)(C)Cc1ccccc1)NC(C)(C)C. The smallest absolute Gasteiger partial charge is 0.191 e. The highest BCUT2D eigenvalue weighted by Crippen LogP contribution is 2.20. The average Bonchev–Trinajstić information content (AvgIpc) is 2.34. The molecule has 0 bridgehead atoms. The zero-order valence-electron chi connectivity index (χ0n) is 13.7. The highest BCUT2D eigenvalue weighted by Gasteiger charge is 2.20. The number of benzene rings is 1. The van der Waals surface area contributed by atoms with Crippen LogP contribution in [-0.4, -0.2) is 25.1 Å².